The van der Waals surface area contributed by atoms with E-state index in [1.54, 1.807) is 19.2 Å². The molecule has 0 atom stereocenters. The summed E-state index contributed by atoms with van der Waals surface area (Å²) in [5.41, 5.74) is 5.21. The average molecular weight is 481 g/mol. The summed E-state index contributed by atoms with van der Waals surface area (Å²) in [6.45, 7) is 4.37. The van der Waals surface area contributed by atoms with E-state index in [0.717, 1.165) is 4.90 Å². The number of ether oxygens (including phenoxy) is 1. The first-order valence-electron chi connectivity index (χ1n) is 9.47. The molecule has 1 amide bonds. The van der Waals surface area contributed by atoms with Gasteiger partial charge in [-0.2, -0.15) is 0 Å². The number of carbonyl (C=O) groups excluding carboxylic acids is 1. The first kappa shape index (κ1) is 23.5. The third kappa shape index (κ3) is 4.85. The number of aliphatic carboxylic acids is 1. The number of halogens is 2. The Hall–Kier alpha value is -2.19. The first-order chi connectivity index (χ1) is 14.7. The second-order valence-electron chi connectivity index (χ2n) is 7.22. The molecule has 3 rings (SSSR count). The number of benzene rings is 2. The molecule has 1 heterocycles. The Bertz CT molecular complexity index is 1040. The highest BCUT2D eigenvalue weighted by atomic mass is 35.5. The van der Waals surface area contributed by atoms with Gasteiger partial charge < -0.3 is 20.5 Å². The van der Waals surface area contributed by atoms with Crippen LogP contribution < -0.4 is 10.5 Å². The number of rotatable bonds is 6. The first-order valence-corrected chi connectivity index (χ1v) is 11.0. The smallest absolute Gasteiger partial charge is 0.323 e. The predicted molar refractivity (Wildman–Crippen MR) is 123 cm³/mol. The van der Waals surface area contributed by atoms with Crippen LogP contribution in [0.1, 0.15) is 18.4 Å². The van der Waals surface area contributed by atoms with E-state index in [0.29, 0.717) is 21.2 Å². The average Bonchev–Trinajstić information content (AvgIpc) is 2.77. The van der Waals surface area contributed by atoms with Crippen molar-refractivity contribution in [2.45, 2.75) is 28.2 Å². The van der Waals surface area contributed by atoms with Gasteiger partial charge in [-0.05, 0) is 31.0 Å². The van der Waals surface area contributed by atoms with Crippen molar-refractivity contribution in [2.75, 3.05) is 20.2 Å². The lowest BCUT2D eigenvalue weighted by atomic mass is 9.88. The number of likely N-dealkylation sites (tertiary alicyclic amines) is 1. The molecule has 2 aromatic rings. The lowest BCUT2D eigenvalue weighted by Crippen LogP contribution is -2.56. The molecule has 0 radical (unpaired) electrons. The Kier molecular flexibility index (Phi) is 7.21. The summed E-state index contributed by atoms with van der Waals surface area (Å²) in [5, 5.41) is 9.80. The van der Waals surface area contributed by atoms with Crippen LogP contribution in [0.2, 0.25) is 10.0 Å². The van der Waals surface area contributed by atoms with Gasteiger partial charge in [-0.1, -0.05) is 59.7 Å². The molecule has 0 aromatic heterocycles. The third-order valence-electron chi connectivity index (χ3n) is 5.29. The molecule has 3 N–H and O–H groups in total. The molecule has 1 saturated heterocycles. The van der Waals surface area contributed by atoms with Gasteiger partial charge in [0.25, 0.3) is 5.91 Å². The van der Waals surface area contributed by atoms with Gasteiger partial charge in [0.2, 0.25) is 0 Å². The summed E-state index contributed by atoms with van der Waals surface area (Å²) in [5.74, 6) is -0.669. The van der Waals surface area contributed by atoms with Crippen molar-refractivity contribution in [3.05, 3.63) is 58.6 Å². The van der Waals surface area contributed by atoms with Gasteiger partial charge in [-0.3, -0.25) is 9.59 Å². The fourth-order valence-corrected chi connectivity index (χ4v) is 4.87. The summed E-state index contributed by atoms with van der Waals surface area (Å²) < 4.78 is 5.37. The summed E-state index contributed by atoms with van der Waals surface area (Å²) in [7, 11) is 1.60. The molecule has 0 bridgehead atoms. The van der Waals surface area contributed by atoms with Crippen LogP contribution in [0.15, 0.2) is 52.8 Å². The number of nitrogens with two attached hydrogens (primary N) is 1. The van der Waals surface area contributed by atoms with Crippen molar-refractivity contribution in [3.63, 3.8) is 0 Å². The largest absolute Gasteiger partial charge is 0.496 e. The van der Waals surface area contributed by atoms with E-state index >= 15 is 0 Å². The quantitative estimate of drug-likeness (QED) is 0.588. The normalized spacial score (nSPS) is 15.4. The van der Waals surface area contributed by atoms with Crippen molar-refractivity contribution in [3.8, 4) is 5.75 Å². The number of carboxylic acids is 1. The zero-order chi connectivity index (χ0) is 22.8. The van der Waals surface area contributed by atoms with Crippen LogP contribution >= 0.6 is 35.0 Å². The van der Waals surface area contributed by atoms with Crippen LogP contribution in [0.4, 0.5) is 0 Å². The molecular weight excluding hydrogens is 459 g/mol. The van der Waals surface area contributed by atoms with Gasteiger partial charge in [0, 0.05) is 29.1 Å². The summed E-state index contributed by atoms with van der Waals surface area (Å²) in [4.78, 5) is 27.4. The molecule has 0 aliphatic carbocycles. The van der Waals surface area contributed by atoms with Crippen LogP contribution in [0.5, 0.6) is 5.75 Å². The Morgan fingerprint density at radius 1 is 1.13 bits per heavy atom. The number of piperidine rings is 1. The summed E-state index contributed by atoms with van der Waals surface area (Å²) >= 11 is 14.4. The maximum atomic E-state index is 12.9. The molecule has 31 heavy (non-hydrogen) atoms. The van der Waals surface area contributed by atoms with Crippen LogP contribution in [-0.2, 0) is 9.59 Å². The highest BCUT2D eigenvalue weighted by Crippen LogP contribution is 2.43. The van der Waals surface area contributed by atoms with Crippen LogP contribution in [0.3, 0.4) is 0 Å². The predicted octanol–water partition coefficient (Wildman–Crippen LogP) is 4.57. The standard InChI is InChI=1S/C22H22Cl2N2O4S/c1-13(20(27)26-11-9-22(25,10-12-26)21(28)29)14-7-8-17(19(24)18(14)23)31-16-6-4-3-5-15(16)30-2/h3-8H,1,9-12,25H2,2H3,(H,28,29). The van der Waals surface area contributed by atoms with Crippen molar-refractivity contribution in [1.82, 2.24) is 4.90 Å². The number of nitrogens with zero attached hydrogens (tertiary/aromatic N) is 1. The number of methoxy groups -OCH3 is 1. The second kappa shape index (κ2) is 9.53. The zero-order valence-corrected chi connectivity index (χ0v) is 19.2. The Morgan fingerprint density at radius 3 is 2.39 bits per heavy atom. The van der Waals surface area contributed by atoms with Crippen molar-refractivity contribution >= 4 is 52.4 Å². The number of hydrogen-bond acceptors (Lipinski definition) is 5. The minimum atomic E-state index is -1.31. The maximum Gasteiger partial charge on any atom is 0.323 e. The van der Waals surface area contributed by atoms with Crippen molar-refractivity contribution in [1.29, 1.82) is 0 Å². The molecule has 1 fully saturated rings. The van der Waals surface area contributed by atoms with Crippen molar-refractivity contribution in [2.24, 2.45) is 5.73 Å². The van der Waals surface area contributed by atoms with Gasteiger partial charge in [-0.15, -0.1) is 0 Å². The zero-order valence-electron chi connectivity index (χ0n) is 16.9. The Balaban J connectivity index is 1.77. The van der Waals surface area contributed by atoms with Crippen LogP contribution in [0.25, 0.3) is 5.57 Å². The number of carbonyl (C=O) groups is 2. The van der Waals surface area contributed by atoms with E-state index in [1.165, 1.54) is 16.7 Å². The van der Waals surface area contributed by atoms with Crippen LogP contribution in [-0.4, -0.2) is 47.6 Å². The SMILES string of the molecule is C=C(C(=O)N1CCC(N)(C(=O)O)CC1)c1ccc(Sc2ccccc2OC)c(Cl)c1Cl. The molecule has 2 aromatic carbocycles. The number of hydrogen-bond donors (Lipinski definition) is 2. The molecule has 1 aliphatic rings. The van der Waals surface area contributed by atoms with E-state index in [9.17, 15) is 14.7 Å². The highest BCUT2D eigenvalue weighted by molar-refractivity contribution is 7.99. The van der Waals surface area contributed by atoms with Gasteiger partial charge in [0.15, 0.2) is 0 Å². The second-order valence-corrected chi connectivity index (χ2v) is 9.06. The Labute approximate surface area is 195 Å². The molecule has 9 heteroatoms. The summed E-state index contributed by atoms with van der Waals surface area (Å²) in [6, 6.07) is 11.0. The number of para-hydroxylation sites is 1. The molecule has 1 aliphatic heterocycles. The van der Waals surface area contributed by atoms with Gasteiger partial charge >= 0.3 is 5.97 Å². The van der Waals surface area contributed by atoms with Gasteiger partial charge in [0.05, 0.1) is 22.1 Å². The van der Waals surface area contributed by atoms with Crippen LogP contribution in [0, 0.1) is 0 Å². The highest BCUT2D eigenvalue weighted by Gasteiger charge is 2.39. The van der Waals surface area contributed by atoms with Gasteiger partial charge in [-0.25, -0.2) is 0 Å². The Morgan fingerprint density at radius 2 is 1.77 bits per heavy atom. The third-order valence-corrected chi connectivity index (χ3v) is 7.40. The molecular formula is C22H22Cl2N2O4S. The number of amides is 1. The van der Waals surface area contributed by atoms with E-state index < -0.39 is 11.5 Å². The van der Waals surface area contributed by atoms with E-state index in [1.807, 2.05) is 24.3 Å². The lowest BCUT2D eigenvalue weighted by molar-refractivity contribution is -0.146. The topological polar surface area (TPSA) is 92.9 Å². The van der Waals surface area contributed by atoms with Crippen molar-refractivity contribution < 1.29 is 19.4 Å². The molecule has 164 valence electrons. The fourth-order valence-electron chi connectivity index (χ4n) is 3.29. The molecule has 0 saturated carbocycles. The van der Waals surface area contributed by atoms with E-state index in [4.69, 9.17) is 33.7 Å². The molecule has 0 unspecified atom stereocenters. The van der Waals surface area contributed by atoms with E-state index in [-0.39, 0.29) is 42.4 Å². The fraction of sp³-hybridized carbons (Fsp3) is 0.273. The minimum Gasteiger partial charge on any atom is -0.496 e. The summed E-state index contributed by atoms with van der Waals surface area (Å²) in [6.07, 6.45) is 0.342. The monoisotopic (exact) mass is 480 g/mol. The number of carboxylic acid groups (broad SMARTS) is 1. The molecule has 6 nitrogen and oxygen atoms in total. The maximum absolute atomic E-state index is 12.9. The van der Waals surface area contributed by atoms with E-state index in [2.05, 4.69) is 6.58 Å². The van der Waals surface area contributed by atoms with Gasteiger partial charge in [0.1, 0.15) is 11.3 Å². The lowest BCUT2D eigenvalue weighted by Gasteiger charge is -2.36. The minimum absolute atomic E-state index is 0.171. The molecule has 0 spiro atoms.